The average molecular weight is 400 g/mol. The first-order valence-electron chi connectivity index (χ1n) is 10.4. The van der Waals surface area contributed by atoms with E-state index in [0.29, 0.717) is 11.9 Å². The minimum atomic E-state index is 0.279. The summed E-state index contributed by atoms with van der Waals surface area (Å²) in [5, 5.41) is 8.83. The van der Waals surface area contributed by atoms with E-state index in [9.17, 15) is 0 Å². The molecule has 0 unspecified atom stereocenters. The van der Waals surface area contributed by atoms with Crippen LogP contribution in [0.3, 0.4) is 0 Å². The maximum atomic E-state index is 6.14. The highest BCUT2D eigenvalue weighted by atomic mass is 15.3. The van der Waals surface area contributed by atoms with Gasteiger partial charge in [0.15, 0.2) is 5.82 Å². The van der Waals surface area contributed by atoms with Gasteiger partial charge in [-0.15, -0.1) is 0 Å². The van der Waals surface area contributed by atoms with Crippen LogP contribution in [0.2, 0.25) is 0 Å². The molecule has 4 aromatic rings. The van der Waals surface area contributed by atoms with Crippen molar-refractivity contribution in [3.8, 4) is 33.6 Å². The van der Waals surface area contributed by atoms with Crippen LogP contribution in [0, 0.1) is 0 Å². The van der Waals surface area contributed by atoms with E-state index in [2.05, 4.69) is 43.2 Å². The molecule has 1 aliphatic carbocycles. The number of hydrogen-bond acceptors (Lipinski definition) is 5. The summed E-state index contributed by atoms with van der Waals surface area (Å²) in [5.74, 6) is 0.704. The molecule has 2 atom stereocenters. The third-order valence-electron chi connectivity index (χ3n) is 5.81. The third kappa shape index (κ3) is 3.76. The first-order valence-corrected chi connectivity index (χ1v) is 10.4. The molecule has 2 N–H and O–H groups in total. The topological polar surface area (TPSA) is 87.4 Å². The SMILES string of the molecule is Cn1cc(-c2cccc(-c3ncc(-c4cnn([C@H]5CCC[C@H](N)C5)c4)cn3)c2)cn1. The Kier molecular flexibility index (Phi) is 4.88. The van der Waals surface area contributed by atoms with Crippen molar-refractivity contribution in [1.29, 1.82) is 0 Å². The Morgan fingerprint density at radius 1 is 0.867 bits per heavy atom. The van der Waals surface area contributed by atoms with Gasteiger partial charge in [0, 0.05) is 60.1 Å². The molecule has 3 heterocycles. The van der Waals surface area contributed by atoms with Crippen LogP contribution in [-0.4, -0.2) is 35.6 Å². The predicted octanol–water partition coefficient (Wildman–Crippen LogP) is 3.85. The lowest BCUT2D eigenvalue weighted by Crippen LogP contribution is -2.29. The molecule has 1 aromatic carbocycles. The molecule has 0 radical (unpaired) electrons. The van der Waals surface area contributed by atoms with Crippen LogP contribution >= 0.6 is 0 Å². The molecule has 7 nitrogen and oxygen atoms in total. The first-order chi connectivity index (χ1) is 14.7. The Morgan fingerprint density at radius 2 is 1.63 bits per heavy atom. The molecule has 152 valence electrons. The minimum Gasteiger partial charge on any atom is -0.328 e. The molecular formula is C23H25N7. The van der Waals surface area contributed by atoms with Gasteiger partial charge in [-0.2, -0.15) is 10.2 Å². The zero-order chi connectivity index (χ0) is 20.5. The minimum absolute atomic E-state index is 0.279. The summed E-state index contributed by atoms with van der Waals surface area (Å²) in [6, 6.07) is 8.88. The van der Waals surface area contributed by atoms with E-state index in [0.717, 1.165) is 53.5 Å². The van der Waals surface area contributed by atoms with Gasteiger partial charge < -0.3 is 5.73 Å². The Balaban J connectivity index is 1.36. The summed E-state index contributed by atoms with van der Waals surface area (Å²) < 4.78 is 3.86. The van der Waals surface area contributed by atoms with Crippen molar-refractivity contribution in [2.45, 2.75) is 37.8 Å². The molecule has 30 heavy (non-hydrogen) atoms. The Labute approximate surface area is 175 Å². The second-order valence-corrected chi connectivity index (χ2v) is 8.07. The van der Waals surface area contributed by atoms with Gasteiger partial charge in [-0.3, -0.25) is 9.36 Å². The zero-order valence-corrected chi connectivity index (χ0v) is 17.0. The van der Waals surface area contributed by atoms with Gasteiger partial charge >= 0.3 is 0 Å². The van der Waals surface area contributed by atoms with Crippen LogP contribution in [-0.2, 0) is 7.05 Å². The summed E-state index contributed by atoms with van der Waals surface area (Å²) in [4.78, 5) is 9.22. The summed E-state index contributed by atoms with van der Waals surface area (Å²) in [5.41, 5.74) is 11.3. The molecule has 0 aliphatic heterocycles. The number of hydrogen-bond donors (Lipinski definition) is 1. The van der Waals surface area contributed by atoms with Crippen molar-refractivity contribution in [3.63, 3.8) is 0 Å². The summed E-state index contributed by atoms with van der Waals surface area (Å²) in [7, 11) is 1.92. The van der Waals surface area contributed by atoms with Gasteiger partial charge in [-0.05, 0) is 37.3 Å². The predicted molar refractivity (Wildman–Crippen MR) is 116 cm³/mol. The Bertz CT molecular complexity index is 1140. The third-order valence-corrected chi connectivity index (χ3v) is 5.81. The fraction of sp³-hybridized carbons (Fsp3) is 0.304. The molecule has 1 aliphatic rings. The van der Waals surface area contributed by atoms with Crippen molar-refractivity contribution < 1.29 is 0 Å². The zero-order valence-electron chi connectivity index (χ0n) is 17.0. The summed E-state index contributed by atoms with van der Waals surface area (Å²) in [6.07, 6.45) is 16.0. The van der Waals surface area contributed by atoms with E-state index in [1.165, 1.54) is 0 Å². The van der Waals surface area contributed by atoms with Crippen molar-refractivity contribution in [2.24, 2.45) is 12.8 Å². The van der Waals surface area contributed by atoms with Crippen LogP contribution in [0.15, 0.2) is 61.4 Å². The Hall–Kier alpha value is -3.32. The number of aryl methyl sites for hydroxylation is 1. The van der Waals surface area contributed by atoms with Gasteiger partial charge in [0.25, 0.3) is 0 Å². The van der Waals surface area contributed by atoms with Crippen LogP contribution in [0.4, 0.5) is 0 Å². The lowest BCUT2D eigenvalue weighted by atomic mass is 9.92. The average Bonchev–Trinajstić information content (AvgIpc) is 3.44. The molecule has 0 amide bonds. The number of rotatable bonds is 4. The summed E-state index contributed by atoms with van der Waals surface area (Å²) >= 11 is 0. The van der Waals surface area contributed by atoms with Gasteiger partial charge in [0.05, 0.1) is 18.4 Å². The first kappa shape index (κ1) is 18.7. The van der Waals surface area contributed by atoms with Crippen LogP contribution in [0.1, 0.15) is 31.7 Å². The fourth-order valence-electron chi connectivity index (χ4n) is 4.16. The molecule has 3 aromatic heterocycles. The monoisotopic (exact) mass is 399 g/mol. The normalized spacial score (nSPS) is 19.1. The molecular weight excluding hydrogens is 374 g/mol. The van der Waals surface area contributed by atoms with Gasteiger partial charge in [0.2, 0.25) is 0 Å². The standard InChI is InChI=1S/C23H25N7/c1-29-14-19(12-27-29)16-4-2-5-17(8-16)23-25-10-18(11-26-23)20-13-28-30(15-20)22-7-3-6-21(24)9-22/h2,4-5,8,10-15,21-22H,3,6-7,9,24H2,1H3/t21-,22-/m0/s1. The maximum Gasteiger partial charge on any atom is 0.159 e. The smallest absolute Gasteiger partial charge is 0.159 e. The fourth-order valence-corrected chi connectivity index (χ4v) is 4.16. The highest BCUT2D eigenvalue weighted by Crippen LogP contribution is 2.29. The van der Waals surface area contributed by atoms with E-state index < -0.39 is 0 Å². The second-order valence-electron chi connectivity index (χ2n) is 8.07. The molecule has 1 saturated carbocycles. The quantitative estimate of drug-likeness (QED) is 0.563. The van der Waals surface area contributed by atoms with Crippen molar-refractivity contribution >= 4 is 0 Å². The molecule has 0 spiro atoms. The van der Waals surface area contributed by atoms with Crippen LogP contribution in [0.25, 0.3) is 33.6 Å². The summed E-state index contributed by atoms with van der Waals surface area (Å²) in [6.45, 7) is 0. The van der Waals surface area contributed by atoms with E-state index >= 15 is 0 Å². The van der Waals surface area contributed by atoms with Crippen molar-refractivity contribution in [1.82, 2.24) is 29.5 Å². The molecule has 5 rings (SSSR count). The van der Waals surface area contributed by atoms with Crippen molar-refractivity contribution in [3.05, 3.63) is 61.4 Å². The molecule has 0 bridgehead atoms. The highest BCUT2D eigenvalue weighted by Gasteiger charge is 2.21. The lowest BCUT2D eigenvalue weighted by molar-refractivity contribution is 0.300. The van der Waals surface area contributed by atoms with E-state index in [4.69, 9.17) is 5.73 Å². The van der Waals surface area contributed by atoms with E-state index in [-0.39, 0.29) is 6.04 Å². The van der Waals surface area contributed by atoms with Crippen LogP contribution in [0.5, 0.6) is 0 Å². The number of nitrogens with two attached hydrogens (primary N) is 1. The van der Waals surface area contributed by atoms with Gasteiger partial charge in [0.1, 0.15) is 0 Å². The lowest BCUT2D eigenvalue weighted by Gasteiger charge is -2.26. The molecule has 0 saturated heterocycles. The molecule has 1 fully saturated rings. The van der Waals surface area contributed by atoms with Crippen LogP contribution < -0.4 is 5.73 Å². The van der Waals surface area contributed by atoms with E-state index in [1.54, 1.807) is 4.68 Å². The maximum absolute atomic E-state index is 6.14. The van der Waals surface area contributed by atoms with E-state index in [1.807, 2.05) is 50.2 Å². The van der Waals surface area contributed by atoms with Crippen molar-refractivity contribution in [2.75, 3.05) is 0 Å². The van der Waals surface area contributed by atoms with Gasteiger partial charge in [-0.25, -0.2) is 9.97 Å². The number of nitrogens with zero attached hydrogens (tertiary/aromatic N) is 6. The molecule has 7 heteroatoms. The highest BCUT2D eigenvalue weighted by molar-refractivity contribution is 5.70. The number of aromatic nitrogens is 6. The second kappa shape index (κ2) is 7.84. The Morgan fingerprint density at radius 3 is 2.40 bits per heavy atom. The van der Waals surface area contributed by atoms with Gasteiger partial charge in [-0.1, -0.05) is 18.2 Å². The number of benzene rings is 1. The largest absolute Gasteiger partial charge is 0.328 e.